The van der Waals surface area contributed by atoms with Crippen molar-refractivity contribution in [3.63, 3.8) is 0 Å². The Bertz CT molecular complexity index is 297. The van der Waals surface area contributed by atoms with E-state index in [-0.39, 0.29) is 5.54 Å². The molecule has 0 aromatic rings. The van der Waals surface area contributed by atoms with E-state index in [9.17, 15) is 0 Å². The molecule has 0 radical (unpaired) electrons. The first kappa shape index (κ1) is 16.2. The summed E-state index contributed by atoms with van der Waals surface area (Å²) in [5.41, 5.74) is 6.39. The van der Waals surface area contributed by atoms with Crippen LogP contribution in [0.2, 0.25) is 0 Å². The Labute approximate surface area is 124 Å². The van der Waals surface area contributed by atoms with Crippen LogP contribution in [-0.4, -0.2) is 66.8 Å². The molecule has 2 rings (SSSR count). The van der Waals surface area contributed by atoms with Crippen LogP contribution in [0, 0.1) is 0 Å². The van der Waals surface area contributed by atoms with E-state index in [1.54, 1.807) is 0 Å². The van der Waals surface area contributed by atoms with Crippen LogP contribution in [-0.2, 0) is 4.74 Å². The summed E-state index contributed by atoms with van der Waals surface area (Å²) in [7, 11) is 0. The third kappa shape index (κ3) is 3.53. The minimum absolute atomic E-state index is 0.193. The molecule has 4 nitrogen and oxygen atoms in total. The van der Waals surface area contributed by atoms with Crippen LogP contribution in [0.1, 0.15) is 46.5 Å². The van der Waals surface area contributed by atoms with Crippen molar-refractivity contribution in [1.29, 1.82) is 0 Å². The zero-order valence-corrected chi connectivity index (χ0v) is 13.6. The zero-order chi connectivity index (χ0) is 14.6. The molecule has 4 heteroatoms. The van der Waals surface area contributed by atoms with Crippen LogP contribution in [0.3, 0.4) is 0 Å². The van der Waals surface area contributed by atoms with Crippen molar-refractivity contribution in [2.45, 2.75) is 64.1 Å². The highest BCUT2D eigenvalue weighted by Gasteiger charge is 2.44. The fourth-order valence-corrected chi connectivity index (χ4v) is 3.67. The van der Waals surface area contributed by atoms with Gasteiger partial charge in [0.15, 0.2) is 0 Å². The Morgan fingerprint density at radius 2 is 2.15 bits per heavy atom. The molecule has 0 aromatic heterocycles. The SMILES string of the molecule is CCCOC1CCCN(C2(CN)CCN(C(C)C)C2)C1. The molecule has 2 saturated heterocycles. The summed E-state index contributed by atoms with van der Waals surface area (Å²) in [4.78, 5) is 5.21. The topological polar surface area (TPSA) is 41.7 Å². The number of rotatable bonds is 6. The van der Waals surface area contributed by atoms with Crippen LogP contribution in [0.15, 0.2) is 0 Å². The summed E-state index contributed by atoms with van der Waals surface area (Å²) >= 11 is 0. The molecule has 2 atom stereocenters. The second kappa shape index (κ2) is 7.21. The monoisotopic (exact) mass is 283 g/mol. The maximum Gasteiger partial charge on any atom is 0.0702 e. The smallest absolute Gasteiger partial charge is 0.0702 e. The lowest BCUT2D eigenvalue weighted by atomic mass is 9.92. The lowest BCUT2D eigenvalue weighted by molar-refractivity contribution is -0.0345. The van der Waals surface area contributed by atoms with Crippen molar-refractivity contribution < 1.29 is 4.74 Å². The molecular weight excluding hydrogens is 250 g/mol. The number of hydrogen-bond donors (Lipinski definition) is 1. The van der Waals surface area contributed by atoms with Crippen LogP contribution < -0.4 is 5.73 Å². The van der Waals surface area contributed by atoms with E-state index >= 15 is 0 Å². The molecule has 2 N–H and O–H groups in total. The molecule has 2 unspecified atom stereocenters. The lowest BCUT2D eigenvalue weighted by Gasteiger charge is -2.45. The van der Waals surface area contributed by atoms with Gasteiger partial charge in [0.2, 0.25) is 0 Å². The van der Waals surface area contributed by atoms with Gasteiger partial charge in [0.05, 0.1) is 6.10 Å². The predicted octanol–water partition coefficient (Wildman–Crippen LogP) is 1.69. The van der Waals surface area contributed by atoms with E-state index in [0.717, 1.165) is 32.7 Å². The average Bonchev–Trinajstić information content (AvgIpc) is 2.91. The predicted molar refractivity (Wildman–Crippen MR) is 83.9 cm³/mol. The number of hydrogen-bond acceptors (Lipinski definition) is 4. The number of piperidine rings is 1. The average molecular weight is 283 g/mol. The molecule has 0 bridgehead atoms. The van der Waals surface area contributed by atoms with Gasteiger partial charge in [-0.2, -0.15) is 0 Å². The molecule has 0 spiro atoms. The fourth-order valence-electron chi connectivity index (χ4n) is 3.67. The zero-order valence-electron chi connectivity index (χ0n) is 13.6. The van der Waals surface area contributed by atoms with Crippen molar-refractivity contribution in [2.75, 3.05) is 39.3 Å². The summed E-state index contributed by atoms with van der Waals surface area (Å²) in [6.45, 7) is 13.0. The van der Waals surface area contributed by atoms with Crippen LogP contribution >= 0.6 is 0 Å². The first-order valence-corrected chi connectivity index (χ1v) is 8.42. The molecule has 0 aromatic carbocycles. The quantitative estimate of drug-likeness (QED) is 0.805. The second-order valence-corrected chi connectivity index (χ2v) is 6.82. The van der Waals surface area contributed by atoms with E-state index in [4.69, 9.17) is 10.5 Å². The van der Waals surface area contributed by atoms with Crippen LogP contribution in [0.4, 0.5) is 0 Å². The van der Waals surface area contributed by atoms with Crippen molar-refractivity contribution in [3.8, 4) is 0 Å². The Morgan fingerprint density at radius 1 is 1.35 bits per heavy atom. The minimum Gasteiger partial charge on any atom is -0.377 e. The summed E-state index contributed by atoms with van der Waals surface area (Å²) in [6.07, 6.45) is 5.20. The van der Waals surface area contributed by atoms with Gasteiger partial charge in [-0.3, -0.25) is 9.80 Å². The minimum atomic E-state index is 0.193. The maximum absolute atomic E-state index is 6.20. The van der Waals surface area contributed by atoms with Crippen LogP contribution in [0.25, 0.3) is 0 Å². The molecule has 2 heterocycles. The van der Waals surface area contributed by atoms with Crippen molar-refractivity contribution >= 4 is 0 Å². The Kier molecular flexibility index (Phi) is 5.84. The van der Waals surface area contributed by atoms with E-state index in [1.807, 2.05) is 0 Å². The van der Waals surface area contributed by atoms with E-state index in [0.29, 0.717) is 12.1 Å². The summed E-state index contributed by atoms with van der Waals surface area (Å²) in [6, 6.07) is 0.625. The van der Waals surface area contributed by atoms with E-state index in [1.165, 1.54) is 32.4 Å². The standard InChI is InChI=1S/C16H33N3O/c1-4-10-20-15-6-5-8-19(11-15)16(12-17)7-9-18(13-16)14(2)3/h14-15H,4-13,17H2,1-3H3. The highest BCUT2D eigenvalue weighted by atomic mass is 16.5. The van der Waals surface area contributed by atoms with Gasteiger partial charge in [0.1, 0.15) is 0 Å². The summed E-state index contributed by atoms with van der Waals surface area (Å²) in [5.74, 6) is 0. The van der Waals surface area contributed by atoms with Gasteiger partial charge in [-0.25, -0.2) is 0 Å². The molecule has 0 aliphatic carbocycles. The van der Waals surface area contributed by atoms with Crippen molar-refractivity contribution in [3.05, 3.63) is 0 Å². The van der Waals surface area contributed by atoms with E-state index < -0.39 is 0 Å². The highest BCUT2D eigenvalue weighted by Crippen LogP contribution is 2.31. The molecule has 2 aliphatic rings. The van der Waals surface area contributed by atoms with Gasteiger partial charge in [-0.1, -0.05) is 6.92 Å². The molecule has 0 amide bonds. The van der Waals surface area contributed by atoms with Gasteiger partial charge in [0, 0.05) is 44.4 Å². The third-order valence-corrected chi connectivity index (χ3v) is 5.08. The Balaban J connectivity index is 1.97. The largest absolute Gasteiger partial charge is 0.377 e. The van der Waals surface area contributed by atoms with Crippen LogP contribution in [0.5, 0.6) is 0 Å². The maximum atomic E-state index is 6.20. The Morgan fingerprint density at radius 3 is 2.75 bits per heavy atom. The normalized spacial score (nSPS) is 33.1. The van der Waals surface area contributed by atoms with E-state index in [2.05, 4.69) is 30.6 Å². The molecule has 2 aliphatic heterocycles. The van der Waals surface area contributed by atoms with Crippen molar-refractivity contribution in [1.82, 2.24) is 9.80 Å². The third-order valence-electron chi connectivity index (χ3n) is 5.08. The first-order valence-electron chi connectivity index (χ1n) is 8.42. The lowest BCUT2D eigenvalue weighted by Crippen LogP contribution is -2.59. The number of likely N-dealkylation sites (tertiary alicyclic amines) is 2. The fraction of sp³-hybridized carbons (Fsp3) is 1.00. The molecule has 2 fully saturated rings. The van der Waals surface area contributed by atoms with Gasteiger partial charge >= 0.3 is 0 Å². The van der Waals surface area contributed by atoms with Gasteiger partial charge in [0.25, 0.3) is 0 Å². The summed E-state index contributed by atoms with van der Waals surface area (Å²) < 4.78 is 5.99. The molecule has 0 saturated carbocycles. The van der Waals surface area contributed by atoms with Gasteiger partial charge < -0.3 is 10.5 Å². The Hall–Kier alpha value is -0.160. The molecule has 118 valence electrons. The first-order chi connectivity index (χ1) is 9.61. The summed E-state index contributed by atoms with van der Waals surface area (Å²) in [5, 5.41) is 0. The van der Waals surface area contributed by atoms with Crippen molar-refractivity contribution in [2.24, 2.45) is 5.73 Å². The van der Waals surface area contributed by atoms with Gasteiger partial charge in [-0.15, -0.1) is 0 Å². The number of nitrogens with two attached hydrogens (primary N) is 1. The molecular formula is C16H33N3O. The second-order valence-electron chi connectivity index (χ2n) is 6.82. The number of nitrogens with zero attached hydrogens (tertiary/aromatic N) is 2. The van der Waals surface area contributed by atoms with Gasteiger partial charge in [-0.05, 0) is 46.1 Å². The highest BCUT2D eigenvalue weighted by molar-refractivity contribution is 5.02. The number of ether oxygens (including phenoxy) is 1. The molecule has 20 heavy (non-hydrogen) atoms.